The number of rotatable bonds is 5. The predicted octanol–water partition coefficient (Wildman–Crippen LogP) is 0.789. The van der Waals surface area contributed by atoms with Crippen LogP contribution in [0, 0.1) is 0 Å². The lowest BCUT2D eigenvalue weighted by Gasteiger charge is -2.06. The van der Waals surface area contributed by atoms with Gasteiger partial charge in [0.05, 0.1) is 9.77 Å². The second kappa shape index (κ2) is 7.36. The molecule has 2 aromatic rings. The van der Waals surface area contributed by atoms with Gasteiger partial charge in [-0.2, -0.15) is 0 Å². The van der Waals surface area contributed by atoms with Gasteiger partial charge in [-0.15, -0.1) is 11.3 Å². The van der Waals surface area contributed by atoms with Gasteiger partial charge in [0, 0.05) is 6.42 Å². The Kier molecular flexibility index (Phi) is 5.48. The lowest BCUT2D eigenvalue weighted by atomic mass is 10.1. The van der Waals surface area contributed by atoms with Crippen LogP contribution in [0.25, 0.3) is 0 Å². The predicted molar refractivity (Wildman–Crippen MR) is 86.1 cm³/mol. The number of amides is 2. The van der Waals surface area contributed by atoms with Gasteiger partial charge in [-0.25, -0.2) is 13.6 Å². The van der Waals surface area contributed by atoms with E-state index in [2.05, 4.69) is 10.9 Å². The number of thiophene rings is 1. The van der Waals surface area contributed by atoms with Crippen LogP contribution < -0.4 is 16.0 Å². The third kappa shape index (κ3) is 5.16. The second-order valence-electron chi connectivity index (χ2n) is 4.67. The molecule has 2 rings (SSSR count). The van der Waals surface area contributed by atoms with E-state index in [-0.39, 0.29) is 23.1 Å². The van der Waals surface area contributed by atoms with E-state index in [0.29, 0.717) is 11.3 Å². The van der Waals surface area contributed by atoms with E-state index in [9.17, 15) is 18.0 Å². The number of benzene rings is 1. The Morgan fingerprint density at radius 2 is 1.78 bits per heavy atom. The van der Waals surface area contributed by atoms with Crippen LogP contribution in [0.4, 0.5) is 0 Å². The highest BCUT2D eigenvalue weighted by molar-refractivity contribution is 7.89. The van der Waals surface area contributed by atoms with E-state index in [4.69, 9.17) is 5.14 Å². The zero-order chi connectivity index (χ0) is 16.9. The monoisotopic (exact) mass is 353 g/mol. The van der Waals surface area contributed by atoms with Crippen molar-refractivity contribution in [2.75, 3.05) is 0 Å². The Bertz CT molecular complexity index is 784. The number of aryl methyl sites for hydroxylation is 1. The summed E-state index contributed by atoms with van der Waals surface area (Å²) in [5.74, 6) is -0.712. The molecule has 0 fully saturated rings. The van der Waals surface area contributed by atoms with Crippen LogP contribution in [0.15, 0.2) is 46.7 Å². The number of primary sulfonamides is 1. The van der Waals surface area contributed by atoms with Crippen LogP contribution in [-0.4, -0.2) is 20.2 Å². The highest BCUT2D eigenvalue weighted by atomic mass is 32.2. The molecule has 1 aromatic heterocycles. The highest BCUT2D eigenvalue weighted by Gasteiger charge is 2.09. The molecule has 1 heterocycles. The zero-order valence-corrected chi connectivity index (χ0v) is 13.6. The Labute approximate surface area is 137 Å². The summed E-state index contributed by atoms with van der Waals surface area (Å²) in [6.45, 7) is 0. The summed E-state index contributed by atoms with van der Waals surface area (Å²) in [6.07, 6.45) is 0.561. The Morgan fingerprint density at radius 1 is 1.09 bits per heavy atom. The average molecular weight is 353 g/mol. The fourth-order valence-electron chi connectivity index (χ4n) is 1.76. The highest BCUT2D eigenvalue weighted by Crippen LogP contribution is 2.10. The number of hydrogen-bond donors (Lipinski definition) is 3. The van der Waals surface area contributed by atoms with Gasteiger partial charge in [-0.1, -0.05) is 18.2 Å². The molecule has 23 heavy (non-hydrogen) atoms. The van der Waals surface area contributed by atoms with Crippen molar-refractivity contribution < 1.29 is 18.0 Å². The quantitative estimate of drug-likeness (QED) is 0.689. The number of sulfonamides is 1. The van der Waals surface area contributed by atoms with Gasteiger partial charge in [0.25, 0.3) is 5.91 Å². The van der Waals surface area contributed by atoms with Gasteiger partial charge in [0.15, 0.2) is 0 Å². The minimum atomic E-state index is -3.72. The van der Waals surface area contributed by atoms with E-state index in [1.807, 2.05) is 0 Å². The minimum Gasteiger partial charge on any atom is -0.273 e. The number of nitrogens with one attached hydrogen (secondary N) is 2. The number of carbonyl (C=O) groups excluding carboxylic acids is 2. The standard InChI is InChI=1S/C14H15N3O4S2/c15-23(20,21)11-6-3-10(4-7-11)5-8-13(18)16-17-14(19)12-2-1-9-22-12/h1-4,6-7,9H,5,8H2,(H,16,18)(H,17,19)(H2,15,20,21). The van der Waals surface area contributed by atoms with Crippen LogP contribution in [0.5, 0.6) is 0 Å². The number of hydrazine groups is 1. The maximum Gasteiger partial charge on any atom is 0.279 e. The van der Waals surface area contributed by atoms with E-state index in [0.717, 1.165) is 5.56 Å². The van der Waals surface area contributed by atoms with Gasteiger partial charge in [-0.05, 0) is 35.6 Å². The van der Waals surface area contributed by atoms with Crippen molar-refractivity contribution in [3.8, 4) is 0 Å². The summed E-state index contributed by atoms with van der Waals surface area (Å²) >= 11 is 1.27. The van der Waals surface area contributed by atoms with Crippen LogP contribution in [0.2, 0.25) is 0 Å². The summed E-state index contributed by atoms with van der Waals surface area (Å²) in [7, 11) is -3.72. The van der Waals surface area contributed by atoms with Gasteiger partial charge in [0.1, 0.15) is 0 Å². The molecule has 0 atom stereocenters. The summed E-state index contributed by atoms with van der Waals surface area (Å²) in [6, 6.07) is 9.36. The fraction of sp³-hybridized carbons (Fsp3) is 0.143. The topological polar surface area (TPSA) is 118 Å². The van der Waals surface area contributed by atoms with Crippen molar-refractivity contribution in [1.29, 1.82) is 0 Å². The van der Waals surface area contributed by atoms with Crippen LogP contribution in [0.1, 0.15) is 21.7 Å². The fourth-order valence-corrected chi connectivity index (χ4v) is 2.90. The molecule has 0 aliphatic carbocycles. The first kappa shape index (κ1) is 17.1. The molecule has 2 amide bonds. The Balaban J connectivity index is 1.79. The molecule has 1 aromatic carbocycles. The van der Waals surface area contributed by atoms with Crippen molar-refractivity contribution in [2.45, 2.75) is 17.7 Å². The summed E-state index contributed by atoms with van der Waals surface area (Å²) in [4.78, 5) is 23.8. The van der Waals surface area contributed by atoms with Gasteiger partial charge in [-0.3, -0.25) is 20.4 Å². The maximum atomic E-state index is 11.7. The third-order valence-corrected chi connectivity index (χ3v) is 4.75. The maximum absolute atomic E-state index is 11.7. The lowest BCUT2D eigenvalue weighted by molar-refractivity contribution is -0.121. The molecule has 4 N–H and O–H groups in total. The molecule has 0 saturated heterocycles. The molecule has 0 aliphatic rings. The van der Waals surface area contributed by atoms with Gasteiger partial charge < -0.3 is 0 Å². The molecule has 122 valence electrons. The smallest absolute Gasteiger partial charge is 0.273 e. The van der Waals surface area contributed by atoms with E-state index in [1.165, 1.54) is 23.5 Å². The van der Waals surface area contributed by atoms with Gasteiger partial charge in [0.2, 0.25) is 15.9 Å². The first-order valence-corrected chi connectivity index (χ1v) is 9.03. The largest absolute Gasteiger partial charge is 0.279 e. The number of hydrogen-bond acceptors (Lipinski definition) is 5. The lowest BCUT2D eigenvalue weighted by Crippen LogP contribution is -2.41. The molecule has 0 unspecified atom stereocenters. The van der Waals surface area contributed by atoms with Crippen molar-refractivity contribution in [2.24, 2.45) is 5.14 Å². The molecular formula is C14H15N3O4S2. The molecule has 0 saturated carbocycles. The van der Waals surface area contributed by atoms with Crippen LogP contribution in [-0.2, 0) is 21.2 Å². The average Bonchev–Trinajstić information content (AvgIpc) is 3.04. The van der Waals surface area contributed by atoms with E-state index in [1.54, 1.807) is 29.6 Å². The normalized spacial score (nSPS) is 11.0. The summed E-state index contributed by atoms with van der Waals surface area (Å²) in [5, 5.41) is 6.77. The Hall–Kier alpha value is -2.23. The van der Waals surface area contributed by atoms with Crippen molar-refractivity contribution in [3.05, 3.63) is 52.2 Å². The first-order valence-electron chi connectivity index (χ1n) is 6.61. The molecule has 0 radical (unpaired) electrons. The van der Waals surface area contributed by atoms with E-state index < -0.39 is 10.0 Å². The molecule has 0 aliphatic heterocycles. The first-order chi connectivity index (χ1) is 10.9. The molecule has 9 heteroatoms. The third-order valence-electron chi connectivity index (χ3n) is 2.95. The van der Waals surface area contributed by atoms with Crippen molar-refractivity contribution >= 4 is 33.2 Å². The Morgan fingerprint density at radius 3 is 2.35 bits per heavy atom. The SMILES string of the molecule is NS(=O)(=O)c1ccc(CCC(=O)NNC(=O)c2cccs2)cc1. The number of carbonyl (C=O) groups is 2. The number of nitrogens with two attached hydrogens (primary N) is 1. The summed E-state index contributed by atoms with van der Waals surface area (Å²) in [5.41, 5.74) is 5.44. The minimum absolute atomic E-state index is 0.0221. The summed E-state index contributed by atoms with van der Waals surface area (Å²) < 4.78 is 22.3. The molecular weight excluding hydrogens is 338 g/mol. The van der Waals surface area contributed by atoms with Crippen LogP contribution in [0.3, 0.4) is 0 Å². The van der Waals surface area contributed by atoms with Crippen molar-refractivity contribution in [3.63, 3.8) is 0 Å². The molecule has 0 spiro atoms. The second-order valence-corrected chi connectivity index (χ2v) is 7.18. The zero-order valence-electron chi connectivity index (χ0n) is 12.0. The molecule has 0 bridgehead atoms. The van der Waals surface area contributed by atoms with Crippen LogP contribution >= 0.6 is 11.3 Å². The van der Waals surface area contributed by atoms with Crippen molar-refractivity contribution in [1.82, 2.24) is 10.9 Å². The van der Waals surface area contributed by atoms with Gasteiger partial charge >= 0.3 is 0 Å². The molecule has 7 nitrogen and oxygen atoms in total. The van der Waals surface area contributed by atoms with E-state index >= 15 is 0 Å².